The molecule has 5 nitrogen and oxygen atoms in total. The molecule has 2 N–H and O–H groups in total. The molecule has 0 radical (unpaired) electrons. The van der Waals surface area contributed by atoms with Gasteiger partial charge in [0, 0.05) is 38.6 Å². The maximum atomic E-state index is 11.4. The zero-order chi connectivity index (χ0) is 15.4. The van der Waals surface area contributed by atoms with Crippen molar-refractivity contribution in [3.8, 4) is 0 Å². The highest BCUT2D eigenvalue weighted by molar-refractivity contribution is 5.85. The Hall–Kier alpha value is -0.360. The summed E-state index contributed by atoms with van der Waals surface area (Å²) in [6.07, 6.45) is 6.25. The lowest BCUT2D eigenvalue weighted by Gasteiger charge is -2.35. The van der Waals surface area contributed by atoms with Gasteiger partial charge in [0.25, 0.3) is 0 Å². The van der Waals surface area contributed by atoms with Gasteiger partial charge in [0.1, 0.15) is 0 Å². The van der Waals surface area contributed by atoms with Gasteiger partial charge < -0.3 is 20.3 Å². The van der Waals surface area contributed by atoms with Crippen LogP contribution in [0.15, 0.2) is 0 Å². The molecule has 3 unspecified atom stereocenters. The van der Waals surface area contributed by atoms with Crippen molar-refractivity contribution >= 4 is 18.3 Å². The van der Waals surface area contributed by atoms with Gasteiger partial charge in [-0.3, -0.25) is 4.79 Å². The van der Waals surface area contributed by atoms with Crippen molar-refractivity contribution in [2.24, 2.45) is 11.8 Å². The number of halogens is 1. The first-order valence-electron chi connectivity index (χ1n) is 9.04. The Morgan fingerprint density at radius 3 is 2.70 bits per heavy atom. The third-order valence-corrected chi connectivity index (χ3v) is 5.77. The quantitative estimate of drug-likeness (QED) is 0.809. The van der Waals surface area contributed by atoms with Gasteiger partial charge in [-0.1, -0.05) is 6.42 Å². The van der Waals surface area contributed by atoms with Gasteiger partial charge in [-0.15, -0.1) is 12.4 Å². The van der Waals surface area contributed by atoms with Crippen molar-refractivity contribution in [3.05, 3.63) is 0 Å². The Kier molecular flexibility index (Phi) is 7.60. The van der Waals surface area contributed by atoms with Crippen LogP contribution in [0.5, 0.6) is 0 Å². The Bertz CT molecular complexity index is 369. The molecule has 3 rings (SSSR count). The monoisotopic (exact) mass is 345 g/mol. The van der Waals surface area contributed by atoms with E-state index in [4.69, 9.17) is 4.74 Å². The second kappa shape index (κ2) is 9.21. The molecule has 1 aliphatic carbocycles. The molecule has 23 heavy (non-hydrogen) atoms. The number of piperidine rings is 1. The Morgan fingerprint density at radius 2 is 2.04 bits per heavy atom. The molecule has 0 aromatic carbocycles. The summed E-state index contributed by atoms with van der Waals surface area (Å²) >= 11 is 0. The molecule has 0 aromatic rings. The van der Waals surface area contributed by atoms with Crippen LogP contribution in [-0.2, 0) is 9.53 Å². The number of hydrogen-bond donors (Lipinski definition) is 2. The molecule has 1 amide bonds. The van der Waals surface area contributed by atoms with Gasteiger partial charge in [-0.05, 0) is 44.1 Å². The minimum absolute atomic E-state index is 0. The van der Waals surface area contributed by atoms with Crippen LogP contribution in [0.3, 0.4) is 0 Å². The number of rotatable bonds is 4. The van der Waals surface area contributed by atoms with Crippen molar-refractivity contribution in [2.75, 3.05) is 39.4 Å². The van der Waals surface area contributed by atoms with Crippen LogP contribution in [0.1, 0.15) is 39.0 Å². The maximum Gasteiger partial charge on any atom is 0.219 e. The zero-order valence-corrected chi connectivity index (χ0v) is 15.1. The molecular weight excluding hydrogens is 314 g/mol. The first kappa shape index (κ1) is 19.0. The van der Waals surface area contributed by atoms with E-state index < -0.39 is 0 Å². The summed E-state index contributed by atoms with van der Waals surface area (Å²) in [6, 6.07) is 1.18. The fraction of sp³-hybridized carbons (Fsp3) is 0.941. The largest absolute Gasteiger partial charge is 0.379 e. The van der Waals surface area contributed by atoms with E-state index in [1.807, 2.05) is 4.90 Å². The Balaban J connectivity index is 0.00000192. The second-order valence-electron chi connectivity index (χ2n) is 7.19. The lowest BCUT2D eigenvalue weighted by atomic mass is 9.92. The molecule has 0 bridgehead atoms. The van der Waals surface area contributed by atoms with Crippen LogP contribution in [0.25, 0.3) is 0 Å². The summed E-state index contributed by atoms with van der Waals surface area (Å²) in [6.45, 7) is 7.40. The number of ether oxygens (including phenoxy) is 1. The summed E-state index contributed by atoms with van der Waals surface area (Å²) in [7, 11) is 0. The lowest BCUT2D eigenvalue weighted by Crippen LogP contribution is -2.51. The second-order valence-corrected chi connectivity index (χ2v) is 7.19. The van der Waals surface area contributed by atoms with Crippen LogP contribution in [0, 0.1) is 11.8 Å². The summed E-state index contributed by atoms with van der Waals surface area (Å²) < 4.78 is 5.64. The van der Waals surface area contributed by atoms with E-state index in [9.17, 15) is 4.79 Å². The third-order valence-electron chi connectivity index (χ3n) is 5.77. The molecule has 134 valence electrons. The number of nitrogens with zero attached hydrogens (tertiary/aromatic N) is 1. The average Bonchev–Trinajstić information content (AvgIpc) is 3.02. The van der Waals surface area contributed by atoms with E-state index in [1.54, 1.807) is 6.92 Å². The predicted octanol–water partition coefficient (Wildman–Crippen LogP) is 1.41. The maximum absolute atomic E-state index is 11.4. The van der Waals surface area contributed by atoms with Crippen molar-refractivity contribution in [2.45, 2.75) is 51.1 Å². The van der Waals surface area contributed by atoms with Gasteiger partial charge in [0.05, 0.1) is 13.2 Å². The molecule has 3 fully saturated rings. The standard InChI is InChI=1S/C17H31N3O2.ClH/c1-13(21)20-8-5-14(6-9-20)11-19-16-4-2-3-15(16)17-12-22-10-7-18-17;/h14-19H,2-12H2,1H3;1H. The summed E-state index contributed by atoms with van der Waals surface area (Å²) in [5.74, 6) is 1.68. The first-order chi connectivity index (χ1) is 10.7. The highest BCUT2D eigenvalue weighted by Crippen LogP contribution is 2.30. The van der Waals surface area contributed by atoms with Gasteiger partial charge in [0.15, 0.2) is 0 Å². The van der Waals surface area contributed by atoms with E-state index in [0.717, 1.165) is 64.1 Å². The predicted molar refractivity (Wildman–Crippen MR) is 94.0 cm³/mol. The number of hydrogen-bond acceptors (Lipinski definition) is 4. The molecule has 6 heteroatoms. The minimum atomic E-state index is 0. The van der Waals surface area contributed by atoms with E-state index in [0.29, 0.717) is 12.1 Å². The van der Waals surface area contributed by atoms with Crippen molar-refractivity contribution in [3.63, 3.8) is 0 Å². The van der Waals surface area contributed by atoms with E-state index in [-0.39, 0.29) is 18.3 Å². The first-order valence-corrected chi connectivity index (χ1v) is 9.04. The average molecular weight is 346 g/mol. The summed E-state index contributed by atoms with van der Waals surface area (Å²) in [5, 5.41) is 7.48. The van der Waals surface area contributed by atoms with Crippen LogP contribution in [0.2, 0.25) is 0 Å². The molecule has 0 spiro atoms. The van der Waals surface area contributed by atoms with Crippen LogP contribution in [-0.4, -0.2) is 62.3 Å². The van der Waals surface area contributed by atoms with Crippen LogP contribution in [0.4, 0.5) is 0 Å². The van der Waals surface area contributed by atoms with Gasteiger partial charge >= 0.3 is 0 Å². The van der Waals surface area contributed by atoms with Crippen LogP contribution >= 0.6 is 12.4 Å². The highest BCUT2D eigenvalue weighted by Gasteiger charge is 2.34. The van der Waals surface area contributed by atoms with Crippen molar-refractivity contribution in [1.29, 1.82) is 0 Å². The van der Waals surface area contributed by atoms with Crippen molar-refractivity contribution < 1.29 is 9.53 Å². The molecular formula is C17H32ClN3O2. The van der Waals surface area contributed by atoms with E-state index >= 15 is 0 Å². The number of likely N-dealkylation sites (tertiary alicyclic amines) is 1. The molecule has 3 atom stereocenters. The van der Waals surface area contributed by atoms with E-state index in [1.165, 1.54) is 19.3 Å². The molecule has 2 saturated heterocycles. The number of carbonyl (C=O) groups excluding carboxylic acids is 1. The lowest BCUT2D eigenvalue weighted by molar-refractivity contribution is -0.130. The van der Waals surface area contributed by atoms with E-state index in [2.05, 4.69) is 10.6 Å². The summed E-state index contributed by atoms with van der Waals surface area (Å²) in [4.78, 5) is 13.4. The molecule has 3 aliphatic rings. The fourth-order valence-electron chi connectivity index (χ4n) is 4.35. The third kappa shape index (κ3) is 5.05. The minimum Gasteiger partial charge on any atom is -0.379 e. The zero-order valence-electron chi connectivity index (χ0n) is 14.3. The topological polar surface area (TPSA) is 53.6 Å². The van der Waals surface area contributed by atoms with Crippen LogP contribution < -0.4 is 10.6 Å². The molecule has 1 saturated carbocycles. The van der Waals surface area contributed by atoms with Gasteiger partial charge in [0.2, 0.25) is 5.91 Å². The number of carbonyl (C=O) groups is 1. The SMILES string of the molecule is CC(=O)N1CCC(CNC2CCCC2C2COCCN2)CC1.Cl. The smallest absolute Gasteiger partial charge is 0.219 e. The highest BCUT2D eigenvalue weighted by atomic mass is 35.5. The molecule has 2 aliphatic heterocycles. The molecule has 2 heterocycles. The van der Waals surface area contributed by atoms with Crippen molar-refractivity contribution in [1.82, 2.24) is 15.5 Å². The summed E-state index contributed by atoms with van der Waals surface area (Å²) in [5.41, 5.74) is 0. The Morgan fingerprint density at radius 1 is 1.26 bits per heavy atom. The number of morpholine rings is 1. The molecule has 0 aromatic heterocycles. The number of nitrogens with one attached hydrogen (secondary N) is 2. The fourth-order valence-corrected chi connectivity index (χ4v) is 4.35. The van der Waals surface area contributed by atoms with Gasteiger partial charge in [-0.25, -0.2) is 0 Å². The Labute approximate surface area is 146 Å². The van der Waals surface area contributed by atoms with Gasteiger partial charge in [-0.2, -0.15) is 0 Å². The number of amides is 1. The normalized spacial score (nSPS) is 32.6.